The summed E-state index contributed by atoms with van der Waals surface area (Å²) >= 11 is 0. The van der Waals surface area contributed by atoms with Crippen LogP contribution in [0.15, 0.2) is 30.5 Å². The number of benzene rings is 1. The standard InChI is InChI=1S/C14H19N3O/c1-10(2)16-8-12-5-3-4-11-6-7-17(14(11)12)9-13(15)18/h3-7,10,16H,8-9H2,1-2H3,(H2,15,18). The van der Waals surface area contributed by atoms with E-state index in [0.717, 1.165) is 17.4 Å². The Morgan fingerprint density at radius 3 is 2.83 bits per heavy atom. The number of rotatable bonds is 5. The van der Waals surface area contributed by atoms with Crippen LogP contribution in [0.2, 0.25) is 0 Å². The zero-order chi connectivity index (χ0) is 13.1. The lowest BCUT2D eigenvalue weighted by atomic mass is 10.1. The van der Waals surface area contributed by atoms with Crippen LogP contribution in [0.3, 0.4) is 0 Å². The second kappa shape index (κ2) is 5.23. The van der Waals surface area contributed by atoms with Gasteiger partial charge in [0.1, 0.15) is 6.54 Å². The van der Waals surface area contributed by atoms with E-state index in [0.29, 0.717) is 6.04 Å². The number of para-hydroxylation sites is 1. The van der Waals surface area contributed by atoms with Gasteiger partial charge in [0.15, 0.2) is 0 Å². The molecule has 0 aliphatic rings. The maximum absolute atomic E-state index is 11.1. The molecule has 0 saturated carbocycles. The lowest BCUT2D eigenvalue weighted by molar-refractivity contribution is -0.118. The largest absolute Gasteiger partial charge is 0.368 e. The summed E-state index contributed by atoms with van der Waals surface area (Å²) in [6.07, 6.45) is 1.91. The van der Waals surface area contributed by atoms with Crippen LogP contribution in [-0.4, -0.2) is 16.5 Å². The van der Waals surface area contributed by atoms with E-state index in [1.54, 1.807) is 0 Å². The Morgan fingerprint density at radius 1 is 1.39 bits per heavy atom. The smallest absolute Gasteiger partial charge is 0.237 e. The van der Waals surface area contributed by atoms with Crippen molar-refractivity contribution in [3.63, 3.8) is 0 Å². The van der Waals surface area contributed by atoms with Gasteiger partial charge in [-0.15, -0.1) is 0 Å². The van der Waals surface area contributed by atoms with Crippen molar-refractivity contribution in [1.82, 2.24) is 9.88 Å². The number of primary amides is 1. The molecule has 1 heterocycles. The summed E-state index contributed by atoms with van der Waals surface area (Å²) in [5.41, 5.74) is 7.55. The molecule has 0 radical (unpaired) electrons. The highest BCUT2D eigenvalue weighted by Gasteiger charge is 2.08. The molecule has 1 aromatic heterocycles. The fourth-order valence-corrected chi connectivity index (χ4v) is 2.10. The van der Waals surface area contributed by atoms with Gasteiger partial charge in [0.25, 0.3) is 0 Å². The van der Waals surface area contributed by atoms with Gasteiger partial charge in [-0.25, -0.2) is 0 Å². The summed E-state index contributed by atoms with van der Waals surface area (Å²) in [7, 11) is 0. The highest BCUT2D eigenvalue weighted by molar-refractivity contribution is 5.85. The molecule has 18 heavy (non-hydrogen) atoms. The zero-order valence-electron chi connectivity index (χ0n) is 10.8. The minimum absolute atomic E-state index is 0.224. The Balaban J connectivity index is 2.38. The molecule has 0 bridgehead atoms. The number of amides is 1. The Bertz CT molecular complexity index is 557. The molecular formula is C14H19N3O. The van der Waals surface area contributed by atoms with Gasteiger partial charge < -0.3 is 15.6 Å². The van der Waals surface area contributed by atoms with Crippen LogP contribution in [0.4, 0.5) is 0 Å². The number of nitrogens with zero attached hydrogens (tertiary/aromatic N) is 1. The monoisotopic (exact) mass is 245 g/mol. The average Bonchev–Trinajstić information content (AvgIpc) is 2.69. The molecule has 2 rings (SSSR count). The first-order chi connectivity index (χ1) is 8.58. The van der Waals surface area contributed by atoms with Crippen LogP contribution >= 0.6 is 0 Å². The lowest BCUT2D eigenvalue weighted by Crippen LogP contribution is -2.23. The fourth-order valence-electron chi connectivity index (χ4n) is 2.10. The van der Waals surface area contributed by atoms with Gasteiger partial charge in [0.05, 0.1) is 5.52 Å². The average molecular weight is 245 g/mol. The summed E-state index contributed by atoms with van der Waals surface area (Å²) < 4.78 is 1.91. The SMILES string of the molecule is CC(C)NCc1cccc2ccn(CC(N)=O)c12. The number of carbonyl (C=O) groups excluding carboxylic acids is 1. The fraction of sp³-hybridized carbons (Fsp3) is 0.357. The van der Waals surface area contributed by atoms with Crippen LogP contribution < -0.4 is 11.1 Å². The Labute approximate surface area is 107 Å². The molecule has 2 aromatic rings. The molecule has 0 fully saturated rings. The van der Waals surface area contributed by atoms with E-state index in [-0.39, 0.29) is 12.5 Å². The lowest BCUT2D eigenvalue weighted by Gasteiger charge is -2.11. The molecule has 3 N–H and O–H groups in total. The van der Waals surface area contributed by atoms with E-state index < -0.39 is 0 Å². The number of hydrogen-bond donors (Lipinski definition) is 2. The van der Waals surface area contributed by atoms with E-state index in [9.17, 15) is 4.79 Å². The van der Waals surface area contributed by atoms with E-state index in [4.69, 9.17) is 5.73 Å². The highest BCUT2D eigenvalue weighted by Crippen LogP contribution is 2.20. The Kier molecular flexibility index (Phi) is 3.67. The van der Waals surface area contributed by atoms with Gasteiger partial charge >= 0.3 is 0 Å². The predicted octanol–water partition coefficient (Wildman–Crippen LogP) is 1.62. The number of fused-ring (bicyclic) bond motifs is 1. The Hall–Kier alpha value is -1.81. The van der Waals surface area contributed by atoms with Crippen LogP contribution in [0.1, 0.15) is 19.4 Å². The number of hydrogen-bond acceptors (Lipinski definition) is 2. The van der Waals surface area contributed by atoms with E-state index >= 15 is 0 Å². The van der Waals surface area contributed by atoms with Crippen LogP contribution in [0.5, 0.6) is 0 Å². The number of nitrogens with one attached hydrogen (secondary N) is 1. The van der Waals surface area contributed by atoms with Gasteiger partial charge in [-0.2, -0.15) is 0 Å². The van der Waals surface area contributed by atoms with Crippen molar-refractivity contribution in [1.29, 1.82) is 0 Å². The first kappa shape index (κ1) is 12.6. The number of nitrogens with two attached hydrogens (primary N) is 1. The topological polar surface area (TPSA) is 60.1 Å². The van der Waals surface area contributed by atoms with Crippen molar-refractivity contribution in [2.75, 3.05) is 0 Å². The second-order valence-corrected chi connectivity index (χ2v) is 4.80. The summed E-state index contributed by atoms with van der Waals surface area (Å²) in [5.74, 6) is -0.320. The molecular weight excluding hydrogens is 226 g/mol. The zero-order valence-corrected chi connectivity index (χ0v) is 10.8. The second-order valence-electron chi connectivity index (χ2n) is 4.80. The molecule has 4 heteroatoms. The van der Waals surface area contributed by atoms with Crippen LogP contribution in [0, 0.1) is 0 Å². The third kappa shape index (κ3) is 2.71. The van der Waals surface area contributed by atoms with Crippen molar-refractivity contribution in [2.24, 2.45) is 5.73 Å². The van der Waals surface area contributed by atoms with Gasteiger partial charge in [-0.3, -0.25) is 4.79 Å². The highest BCUT2D eigenvalue weighted by atomic mass is 16.1. The van der Waals surface area contributed by atoms with Gasteiger partial charge in [-0.1, -0.05) is 32.0 Å². The molecule has 96 valence electrons. The minimum Gasteiger partial charge on any atom is -0.368 e. The quantitative estimate of drug-likeness (QED) is 0.841. The molecule has 0 aliphatic carbocycles. The van der Waals surface area contributed by atoms with E-state index in [1.807, 2.05) is 29.0 Å². The van der Waals surface area contributed by atoms with Crippen LogP contribution in [0.25, 0.3) is 10.9 Å². The van der Waals surface area contributed by atoms with Crippen molar-refractivity contribution < 1.29 is 4.79 Å². The molecule has 4 nitrogen and oxygen atoms in total. The molecule has 0 unspecified atom stereocenters. The molecule has 1 amide bonds. The maximum Gasteiger partial charge on any atom is 0.237 e. The Morgan fingerprint density at radius 2 is 2.17 bits per heavy atom. The molecule has 0 spiro atoms. The first-order valence-electron chi connectivity index (χ1n) is 6.16. The van der Waals surface area contributed by atoms with Crippen LogP contribution in [-0.2, 0) is 17.9 Å². The molecule has 0 atom stereocenters. The van der Waals surface area contributed by atoms with E-state index in [2.05, 4.69) is 25.2 Å². The summed E-state index contributed by atoms with van der Waals surface area (Å²) in [4.78, 5) is 11.1. The van der Waals surface area contributed by atoms with Crippen molar-refractivity contribution >= 4 is 16.8 Å². The third-order valence-corrected chi connectivity index (χ3v) is 2.90. The summed E-state index contributed by atoms with van der Waals surface area (Å²) in [6.45, 7) is 5.24. The van der Waals surface area contributed by atoms with Crippen molar-refractivity contribution in [2.45, 2.75) is 33.0 Å². The third-order valence-electron chi connectivity index (χ3n) is 2.90. The normalized spacial score (nSPS) is 11.3. The van der Waals surface area contributed by atoms with Crippen molar-refractivity contribution in [3.05, 3.63) is 36.0 Å². The number of aromatic nitrogens is 1. The molecule has 1 aromatic carbocycles. The molecule has 0 aliphatic heterocycles. The number of carbonyl (C=O) groups is 1. The van der Waals surface area contributed by atoms with E-state index in [1.165, 1.54) is 5.56 Å². The van der Waals surface area contributed by atoms with Gasteiger partial charge in [0.2, 0.25) is 5.91 Å². The van der Waals surface area contributed by atoms with Gasteiger partial charge in [0, 0.05) is 18.8 Å². The maximum atomic E-state index is 11.1. The summed E-state index contributed by atoms with van der Waals surface area (Å²) in [5, 5.41) is 4.53. The van der Waals surface area contributed by atoms with Crippen molar-refractivity contribution in [3.8, 4) is 0 Å². The predicted molar refractivity (Wildman–Crippen MR) is 73.1 cm³/mol. The van der Waals surface area contributed by atoms with Gasteiger partial charge in [-0.05, 0) is 17.0 Å². The first-order valence-corrected chi connectivity index (χ1v) is 6.16. The summed E-state index contributed by atoms with van der Waals surface area (Å²) in [6, 6.07) is 8.60. The molecule has 0 saturated heterocycles. The minimum atomic E-state index is -0.320.